The minimum absolute atomic E-state index is 0.0802. The first-order valence-corrected chi connectivity index (χ1v) is 7.03. The van der Waals surface area contributed by atoms with Crippen LogP contribution in [-0.2, 0) is 0 Å². The van der Waals surface area contributed by atoms with Crippen molar-refractivity contribution >= 4 is 5.69 Å². The van der Waals surface area contributed by atoms with Gasteiger partial charge in [0, 0.05) is 36.4 Å². The summed E-state index contributed by atoms with van der Waals surface area (Å²) in [7, 11) is 2.14. The molecule has 0 radical (unpaired) electrons. The van der Waals surface area contributed by atoms with Crippen LogP contribution in [0.15, 0.2) is 18.2 Å². The molecule has 1 aromatic carbocycles. The number of rotatable bonds is 2. The van der Waals surface area contributed by atoms with Gasteiger partial charge in [0.15, 0.2) is 0 Å². The van der Waals surface area contributed by atoms with E-state index in [4.69, 9.17) is 5.26 Å². The maximum absolute atomic E-state index is 9.96. The fourth-order valence-corrected chi connectivity index (χ4v) is 2.69. The Morgan fingerprint density at radius 1 is 1.35 bits per heavy atom. The summed E-state index contributed by atoms with van der Waals surface area (Å²) in [5.41, 5.74) is 2.60. The van der Waals surface area contributed by atoms with Crippen molar-refractivity contribution < 1.29 is 5.11 Å². The van der Waals surface area contributed by atoms with Crippen molar-refractivity contribution in [3.8, 4) is 6.07 Å². The highest BCUT2D eigenvalue weighted by atomic mass is 16.3. The van der Waals surface area contributed by atoms with Gasteiger partial charge in [0.1, 0.15) is 0 Å². The molecule has 0 saturated carbocycles. The van der Waals surface area contributed by atoms with Crippen molar-refractivity contribution in [1.82, 2.24) is 4.90 Å². The van der Waals surface area contributed by atoms with E-state index in [9.17, 15) is 5.11 Å². The Labute approximate surface area is 121 Å². The summed E-state index contributed by atoms with van der Waals surface area (Å²) >= 11 is 0. The van der Waals surface area contributed by atoms with Crippen LogP contribution in [0.25, 0.3) is 0 Å². The highest BCUT2D eigenvalue weighted by Gasteiger charge is 2.32. The normalized spacial score (nSPS) is 20.5. The van der Waals surface area contributed by atoms with Gasteiger partial charge in [0.2, 0.25) is 0 Å². The summed E-state index contributed by atoms with van der Waals surface area (Å²) in [5.74, 6) is 0. The second-order valence-corrected chi connectivity index (χ2v) is 6.22. The predicted octanol–water partition coefficient (Wildman–Crippen LogP) is 2.14. The zero-order valence-electron chi connectivity index (χ0n) is 12.7. The third-order valence-corrected chi connectivity index (χ3v) is 4.27. The number of benzene rings is 1. The van der Waals surface area contributed by atoms with E-state index in [0.717, 1.165) is 30.9 Å². The first kappa shape index (κ1) is 14.8. The van der Waals surface area contributed by atoms with Gasteiger partial charge in [-0.1, -0.05) is 6.07 Å². The number of aliphatic hydroxyl groups is 1. The van der Waals surface area contributed by atoms with E-state index in [0.29, 0.717) is 5.56 Å². The van der Waals surface area contributed by atoms with E-state index < -0.39 is 6.10 Å². The van der Waals surface area contributed by atoms with Gasteiger partial charge in [-0.3, -0.25) is 4.90 Å². The SMILES string of the molecule is C[C@@H](O)c1ccc(C#N)cc1N1CCN(C)C(C)(C)C1. The lowest BCUT2D eigenvalue weighted by atomic mass is 9.97. The molecule has 1 N–H and O–H groups in total. The highest BCUT2D eigenvalue weighted by Crippen LogP contribution is 2.31. The van der Waals surface area contributed by atoms with Crippen LogP contribution >= 0.6 is 0 Å². The van der Waals surface area contributed by atoms with Crippen molar-refractivity contribution in [1.29, 1.82) is 5.26 Å². The average Bonchev–Trinajstić information content (AvgIpc) is 2.41. The molecule has 4 nitrogen and oxygen atoms in total. The Hall–Kier alpha value is -1.57. The van der Waals surface area contributed by atoms with E-state index in [2.05, 4.69) is 36.8 Å². The van der Waals surface area contributed by atoms with Crippen molar-refractivity contribution in [2.75, 3.05) is 31.6 Å². The Bertz CT molecular complexity index is 531. The fraction of sp³-hybridized carbons (Fsp3) is 0.562. The van der Waals surface area contributed by atoms with E-state index in [-0.39, 0.29) is 5.54 Å². The maximum Gasteiger partial charge on any atom is 0.0992 e. The lowest BCUT2D eigenvalue weighted by molar-refractivity contribution is 0.138. The number of hydrogen-bond acceptors (Lipinski definition) is 4. The summed E-state index contributed by atoms with van der Waals surface area (Å²) in [6.45, 7) is 8.98. The highest BCUT2D eigenvalue weighted by molar-refractivity contribution is 5.59. The zero-order chi connectivity index (χ0) is 14.9. The Morgan fingerprint density at radius 2 is 2.05 bits per heavy atom. The zero-order valence-corrected chi connectivity index (χ0v) is 12.7. The molecule has 1 aromatic rings. The summed E-state index contributed by atoms with van der Waals surface area (Å²) in [5, 5.41) is 19.1. The largest absolute Gasteiger partial charge is 0.389 e. The lowest BCUT2D eigenvalue weighted by Gasteiger charge is -2.46. The molecule has 1 saturated heterocycles. The second kappa shape index (κ2) is 5.43. The molecule has 108 valence electrons. The predicted molar refractivity (Wildman–Crippen MR) is 80.7 cm³/mol. The Balaban J connectivity index is 2.39. The number of nitriles is 1. The molecule has 4 heteroatoms. The fourth-order valence-electron chi connectivity index (χ4n) is 2.69. The molecule has 0 spiro atoms. The minimum atomic E-state index is -0.527. The molecule has 0 bridgehead atoms. The minimum Gasteiger partial charge on any atom is -0.389 e. The van der Waals surface area contributed by atoms with Gasteiger partial charge in [-0.15, -0.1) is 0 Å². The van der Waals surface area contributed by atoms with Gasteiger partial charge in [-0.25, -0.2) is 0 Å². The third kappa shape index (κ3) is 2.79. The van der Waals surface area contributed by atoms with Crippen LogP contribution in [0.3, 0.4) is 0 Å². The monoisotopic (exact) mass is 273 g/mol. The van der Waals surface area contributed by atoms with Crippen molar-refractivity contribution in [3.05, 3.63) is 29.3 Å². The Morgan fingerprint density at radius 3 is 2.60 bits per heavy atom. The van der Waals surface area contributed by atoms with Crippen LogP contribution in [-0.4, -0.2) is 42.2 Å². The Kier molecular flexibility index (Phi) is 4.03. The van der Waals surface area contributed by atoms with Gasteiger partial charge in [-0.05, 0) is 40.0 Å². The standard InChI is InChI=1S/C16H23N3O/c1-12(20)14-6-5-13(10-17)9-15(14)19-8-7-18(4)16(2,3)11-19/h5-6,9,12,20H,7-8,11H2,1-4H3/t12-/m1/s1. The maximum atomic E-state index is 9.96. The van der Waals surface area contributed by atoms with Crippen molar-refractivity contribution in [3.63, 3.8) is 0 Å². The number of likely N-dealkylation sites (N-methyl/N-ethyl adjacent to an activating group) is 1. The van der Waals surface area contributed by atoms with Crippen LogP contribution in [0.1, 0.15) is 38.0 Å². The number of aliphatic hydroxyl groups excluding tert-OH is 1. The topological polar surface area (TPSA) is 50.5 Å². The molecule has 1 atom stereocenters. The number of nitrogens with zero attached hydrogens (tertiary/aromatic N) is 3. The van der Waals surface area contributed by atoms with Gasteiger partial charge >= 0.3 is 0 Å². The molecule has 20 heavy (non-hydrogen) atoms. The molecule has 0 amide bonds. The molecule has 0 unspecified atom stereocenters. The van der Waals surface area contributed by atoms with E-state index in [1.165, 1.54) is 0 Å². The molecule has 0 aromatic heterocycles. The van der Waals surface area contributed by atoms with E-state index >= 15 is 0 Å². The molecule has 2 rings (SSSR count). The molecule has 0 aliphatic carbocycles. The molecule has 1 heterocycles. The van der Waals surface area contributed by atoms with Crippen LogP contribution in [0.4, 0.5) is 5.69 Å². The number of piperazine rings is 1. The van der Waals surface area contributed by atoms with Crippen molar-refractivity contribution in [2.24, 2.45) is 0 Å². The van der Waals surface area contributed by atoms with E-state index in [1.54, 1.807) is 13.0 Å². The first-order valence-electron chi connectivity index (χ1n) is 7.03. The second-order valence-electron chi connectivity index (χ2n) is 6.22. The van der Waals surface area contributed by atoms with Crippen molar-refractivity contribution in [2.45, 2.75) is 32.4 Å². The average molecular weight is 273 g/mol. The van der Waals surface area contributed by atoms with Crippen LogP contribution in [0.2, 0.25) is 0 Å². The number of anilines is 1. The lowest BCUT2D eigenvalue weighted by Crippen LogP contribution is -2.57. The molecule has 1 aliphatic heterocycles. The van der Waals surface area contributed by atoms with Gasteiger partial charge < -0.3 is 10.0 Å². The summed E-state index contributed by atoms with van der Waals surface area (Å²) in [6, 6.07) is 7.71. The summed E-state index contributed by atoms with van der Waals surface area (Å²) < 4.78 is 0. The third-order valence-electron chi connectivity index (χ3n) is 4.27. The van der Waals surface area contributed by atoms with Gasteiger partial charge in [0.05, 0.1) is 17.7 Å². The smallest absolute Gasteiger partial charge is 0.0992 e. The van der Waals surface area contributed by atoms with Crippen LogP contribution < -0.4 is 4.90 Å². The molecular weight excluding hydrogens is 250 g/mol. The molecule has 1 aliphatic rings. The quantitative estimate of drug-likeness (QED) is 0.897. The number of hydrogen-bond donors (Lipinski definition) is 1. The molecule has 1 fully saturated rings. The first-order chi connectivity index (χ1) is 9.35. The van der Waals surface area contributed by atoms with Gasteiger partial charge in [-0.2, -0.15) is 5.26 Å². The van der Waals surface area contributed by atoms with Gasteiger partial charge in [0.25, 0.3) is 0 Å². The van der Waals surface area contributed by atoms with Crippen LogP contribution in [0.5, 0.6) is 0 Å². The molecular formula is C16H23N3O. The van der Waals surface area contributed by atoms with E-state index in [1.807, 2.05) is 12.1 Å². The van der Waals surface area contributed by atoms with Crippen LogP contribution in [0, 0.1) is 11.3 Å². The summed E-state index contributed by atoms with van der Waals surface area (Å²) in [4.78, 5) is 4.63. The summed E-state index contributed by atoms with van der Waals surface area (Å²) in [6.07, 6.45) is -0.527.